The SMILES string of the molecule is Cc1c(CN[C@H]2CCCC[C@@H]2O)cccc1[N+](=O)[O-]. The van der Waals surface area contributed by atoms with Crippen LogP contribution < -0.4 is 5.32 Å². The topological polar surface area (TPSA) is 75.4 Å². The summed E-state index contributed by atoms with van der Waals surface area (Å²) in [6.07, 6.45) is 3.71. The highest BCUT2D eigenvalue weighted by Gasteiger charge is 2.22. The van der Waals surface area contributed by atoms with Gasteiger partial charge in [0.25, 0.3) is 5.69 Å². The van der Waals surface area contributed by atoms with Gasteiger partial charge in [-0.1, -0.05) is 25.0 Å². The van der Waals surface area contributed by atoms with Gasteiger partial charge in [-0.2, -0.15) is 0 Å². The average Bonchev–Trinajstić information content (AvgIpc) is 2.39. The molecule has 0 aliphatic heterocycles. The lowest BCUT2D eigenvalue weighted by Crippen LogP contribution is -2.41. The van der Waals surface area contributed by atoms with Gasteiger partial charge >= 0.3 is 0 Å². The smallest absolute Gasteiger partial charge is 0.272 e. The molecule has 2 atom stereocenters. The zero-order valence-corrected chi connectivity index (χ0v) is 11.1. The van der Waals surface area contributed by atoms with Gasteiger partial charge in [0.15, 0.2) is 0 Å². The molecule has 0 heterocycles. The van der Waals surface area contributed by atoms with E-state index < -0.39 is 0 Å². The molecule has 0 spiro atoms. The Morgan fingerprint density at radius 3 is 2.84 bits per heavy atom. The molecule has 1 aromatic rings. The first-order valence-corrected chi connectivity index (χ1v) is 6.74. The number of hydrogen-bond acceptors (Lipinski definition) is 4. The van der Waals surface area contributed by atoms with Gasteiger partial charge in [0.2, 0.25) is 0 Å². The van der Waals surface area contributed by atoms with Crippen molar-refractivity contribution in [2.24, 2.45) is 0 Å². The summed E-state index contributed by atoms with van der Waals surface area (Å²) in [6.45, 7) is 2.34. The number of rotatable bonds is 4. The minimum atomic E-state index is -0.353. The van der Waals surface area contributed by atoms with Crippen LogP contribution >= 0.6 is 0 Å². The van der Waals surface area contributed by atoms with Gasteiger partial charge in [-0.3, -0.25) is 10.1 Å². The summed E-state index contributed by atoms with van der Waals surface area (Å²) in [5.74, 6) is 0. The molecule has 0 aromatic heterocycles. The molecule has 2 N–H and O–H groups in total. The van der Waals surface area contributed by atoms with Gasteiger partial charge in [-0.25, -0.2) is 0 Å². The molecular weight excluding hydrogens is 244 g/mol. The lowest BCUT2D eigenvalue weighted by Gasteiger charge is -2.28. The molecule has 0 saturated heterocycles. The van der Waals surface area contributed by atoms with Crippen LogP contribution in [0, 0.1) is 17.0 Å². The summed E-state index contributed by atoms with van der Waals surface area (Å²) in [5.41, 5.74) is 1.78. The van der Waals surface area contributed by atoms with Gasteiger partial charge in [-0.05, 0) is 25.3 Å². The highest BCUT2D eigenvalue weighted by atomic mass is 16.6. The van der Waals surface area contributed by atoms with Gasteiger partial charge in [0, 0.05) is 24.2 Å². The fraction of sp³-hybridized carbons (Fsp3) is 0.571. The predicted molar refractivity (Wildman–Crippen MR) is 72.9 cm³/mol. The first kappa shape index (κ1) is 14.0. The van der Waals surface area contributed by atoms with Crippen LogP contribution in [0.25, 0.3) is 0 Å². The van der Waals surface area contributed by atoms with Crippen molar-refractivity contribution in [3.05, 3.63) is 39.4 Å². The minimum absolute atomic E-state index is 0.104. The summed E-state index contributed by atoms with van der Waals surface area (Å²) in [4.78, 5) is 10.5. The van der Waals surface area contributed by atoms with Crippen LogP contribution in [-0.2, 0) is 6.54 Å². The van der Waals surface area contributed by atoms with Crippen molar-refractivity contribution in [3.63, 3.8) is 0 Å². The van der Waals surface area contributed by atoms with Crippen LogP contribution in [0.4, 0.5) is 5.69 Å². The first-order chi connectivity index (χ1) is 9.09. The third-order valence-corrected chi connectivity index (χ3v) is 3.90. The van der Waals surface area contributed by atoms with Crippen LogP contribution in [0.5, 0.6) is 0 Å². The van der Waals surface area contributed by atoms with E-state index in [-0.39, 0.29) is 22.8 Å². The maximum Gasteiger partial charge on any atom is 0.272 e. The standard InChI is InChI=1S/C14H20N2O3/c1-10-11(5-4-7-13(10)16(18)19)9-15-12-6-2-3-8-14(12)17/h4-5,7,12,14-15,17H,2-3,6,8-9H2,1H3/t12-,14-/m0/s1. The lowest BCUT2D eigenvalue weighted by atomic mass is 9.92. The van der Waals surface area contributed by atoms with Crippen LogP contribution in [-0.4, -0.2) is 22.2 Å². The van der Waals surface area contributed by atoms with E-state index in [4.69, 9.17) is 0 Å². The monoisotopic (exact) mass is 264 g/mol. The van der Waals surface area contributed by atoms with Crippen molar-refractivity contribution in [2.45, 2.75) is 51.3 Å². The molecule has 0 amide bonds. The Labute approximate surface area is 112 Å². The summed E-state index contributed by atoms with van der Waals surface area (Å²) < 4.78 is 0. The largest absolute Gasteiger partial charge is 0.392 e. The third kappa shape index (κ3) is 3.30. The molecule has 1 aliphatic carbocycles. The van der Waals surface area contributed by atoms with E-state index in [0.29, 0.717) is 12.1 Å². The van der Waals surface area contributed by atoms with E-state index in [0.717, 1.165) is 31.2 Å². The molecule has 0 unspecified atom stereocenters. The van der Waals surface area contributed by atoms with Gasteiger partial charge in [0.05, 0.1) is 11.0 Å². The van der Waals surface area contributed by atoms with Gasteiger partial charge in [-0.15, -0.1) is 0 Å². The molecule has 5 nitrogen and oxygen atoms in total. The normalized spacial score (nSPS) is 23.3. The van der Waals surface area contributed by atoms with Crippen molar-refractivity contribution in [1.29, 1.82) is 0 Å². The molecule has 0 radical (unpaired) electrons. The Kier molecular flexibility index (Phi) is 4.50. The van der Waals surface area contributed by atoms with Crippen molar-refractivity contribution in [1.82, 2.24) is 5.32 Å². The Balaban J connectivity index is 2.03. The zero-order chi connectivity index (χ0) is 13.8. The number of aliphatic hydroxyl groups is 1. The molecule has 5 heteroatoms. The Bertz CT molecular complexity index is 462. The van der Waals surface area contributed by atoms with E-state index in [9.17, 15) is 15.2 Å². The van der Waals surface area contributed by atoms with E-state index in [1.54, 1.807) is 13.0 Å². The predicted octanol–water partition coefficient (Wildman–Crippen LogP) is 2.30. The second-order valence-electron chi connectivity index (χ2n) is 5.16. The van der Waals surface area contributed by atoms with Crippen LogP contribution in [0.3, 0.4) is 0 Å². The summed E-state index contributed by atoms with van der Waals surface area (Å²) >= 11 is 0. The molecule has 0 bridgehead atoms. The number of nitro benzene ring substituents is 1. The number of aliphatic hydroxyl groups excluding tert-OH is 1. The third-order valence-electron chi connectivity index (χ3n) is 3.90. The number of hydrogen-bond donors (Lipinski definition) is 2. The van der Waals surface area contributed by atoms with E-state index in [1.807, 2.05) is 6.07 Å². The summed E-state index contributed by atoms with van der Waals surface area (Å²) in [5, 5.41) is 24.1. The summed E-state index contributed by atoms with van der Waals surface area (Å²) in [7, 11) is 0. The zero-order valence-electron chi connectivity index (χ0n) is 11.1. The Morgan fingerprint density at radius 1 is 1.42 bits per heavy atom. The molecule has 1 saturated carbocycles. The fourth-order valence-electron chi connectivity index (χ4n) is 2.65. The van der Waals surface area contributed by atoms with Crippen molar-refractivity contribution in [2.75, 3.05) is 0 Å². The Hall–Kier alpha value is -1.46. The van der Waals surface area contributed by atoms with Crippen molar-refractivity contribution >= 4 is 5.69 Å². The van der Waals surface area contributed by atoms with E-state index in [1.165, 1.54) is 6.07 Å². The first-order valence-electron chi connectivity index (χ1n) is 6.74. The summed E-state index contributed by atoms with van der Waals surface area (Å²) in [6, 6.07) is 5.23. The lowest BCUT2D eigenvalue weighted by molar-refractivity contribution is -0.385. The average molecular weight is 264 g/mol. The molecule has 1 fully saturated rings. The van der Waals surface area contributed by atoms with Gasteiger partial charge < -0.3 is 10.4 Å². The van der Waals surface area contributed by atoms with Crippen molar-refractivity contribution in [3.8, 4) is 0 Å². The number of benzene rings is 1. The quantitative estimate of drug-likeness (QED) is 0.646. The molecule has 104 valence electrons. The second kappa shape index (κ2) is 6.12. The molecule has 1 aromatic carbocycles. The maximum atomic E-state index is 10.9. The molecule has 19 heavy (non-hydrogen) atoms. The Morgan fingerprint density at radius 2 is 2.16 bits per heavy atom. The van der Waals surface area contributed by atoms with E-state index >= 15 is 0 Å². The minimum Gasteiger partial charge on any atom is -0.392 e. The molecule has 2 rings (SSSR count). The highest BCUT2D eigenvalue weighted by molar-refractivity contribution is 5.44. The number of nitrogens with zero attached hydrogens (tertiary/aromatic N) is 1. The van der Waals surface area contributed by atoms with Gasteiger partial charge in [0.1, 0.15) is 0 Å². The van der Waals surface area contributed by atoms with Crippen molar-refractivity contribution < 1.29 is 10.0 Å². The number of nitrogens with one attached hydrogen (secondary N) is 1. The number of nitro groups is 1. The molecular formula is C14H20N2O3. The van der Waals surface area contributed by atoms with E-state index in [2.05, 4.69) is 5.32 Å². The van der Waals surface area contributed by atoms with Crippen LogP contribution in [0.2, 0.25) is 0 Å². The second-order valence-corrected chi connectivity index (χ2v) is 5.16. The molecule has 1 aliphatic rings. The van der Waals surface area contributed by atoms with Crippen LogP contribution in [0.1, 0.15) is 36.8 Å². The maximum absolute atomic E-state index is 10.9. The highest BCUT2D eigenvalue weighted by Crippen LogP contribution is 2.22. The van der Waals surface area contributed by atoms with Crippen LogP contribution in [0.15, 0.2) is 18.2 Å². The fourth-order valence-corrected chi connectivity index (χ4v) is 2.65.